The van der Waals surface area contributed by atoms with Crippen molar-refractivity contribution in [3.8, 4) is 0 Å². The summed E-state index contributed by atoms with van der Waals surface area (Å²) in [7, 11) is 0. The lowest BCUT2D eigenvalue weighted by atomic mass is 10.1. The quantitative estimate of drug-likeness (QED) is 0.346. The summed E-state index contributed by atoms with van der Waals surface area (Å²) in [6.45, 7) is 7.02. The Labute approximate surface area is 236 Å². The van der Waals surface area contributed by atoms with Crippen LogP contribution in [-0.4, -0.2) is 96.7 Å². The van der Waals surface area contributed by atoms with Gasteiger partial charge in [-0.2, -0.15) is 0 Å². The molecule has 1 aromatic carbocycles. The van der Waals surface area contributed by atoms with Crippen molar-refractivity contribution in [2.75, 3.05) is 31.5 Å². The van der Waals surface area contributed by atoms with Crippen molar-refractivity contribution in [3.63, 3.8) is 0 Å². The van der Waals surface area contributed by atoms with Gasteiger partial charge in [0.1, 0.15) is 12.4 Å². The molecular formula is C27H34ClN7O5. The Bertz CT molecular complexity index is 1360. The van der Waals surface area contributed by atoms with Gasteiger partial charge in [-0.05, 0) is 70.1 Å². The number of anilines is 1. The molecule has 0 spiro atoms. The van der Waals surface area contributed by atoms with Crippen molar-refractivity contribution in [2.45, 2.75) is 51.4 Å². The minimum atomic E-state index is -1.30. The first-order valence-electron chi connectivity index (χ1n) is 13.1. The van der Waals surface area contributed by atoms with E-state index in [0.29, 0.717) is 33.7 Å². The number of aliphatic hydroxyl groups is 1. The largest absolute Gasteiger partial charge is 0.475 e. The second kappa shape index (κ2) is 12.7. The zero-order valence-corrected chi connectivity index (χ0v) is 23.2. The number of likely N-dealkylation sites (tertiary alicyclic amines) is 2. The summed E-state index contributed by atoms with van der Waals surface area (Å²) >= 11 is 5.77. The van der Waals surface area contributed by atoms with Gasteiger partial charge in [0.05, 0.1) is 22.2 Å². The number of carbonyl (C=O) groups excluding carboxylic acids is 2. The summed E-state index contributed by atoms with van der Waals surface area (Å²) in [6.07, 6.45) is 3.19. The number of hydrogen-bond acceptors (Lipinski definition) is 8. The highest BCUT2D eigenvalue weighted by Gasteiger charge is 2.30. The molecule has 13 heteroatoms. The van der Waals surface area contributed by atoms with Crippen LogP contribution in [0.4, 0.5) is 5.82 Å². The van der Waals surface area contributed by atoms with Gasteiger partial charge in [-0.1, -0.05) is 11.6 Å². The number of aromatic nitrogens is 3. The van der Waals surface area contributed by atoms with Crippen LogP contribution in [0.2, 0.25) is 5.02 Å². The van der Waals surface area contributed by atoms with Crippen LogP contribution in [0, 0.1) is 0 Å². The molecule has 40 heavy (non-hydrogen) atoms. The predicted molar refractivity (Wildman–Crippen MR) is 150 cm³/mol. The van der Waals surface area contributed by atoms with Gasteiger partial charge in [0.25, 0.3) is 5.91 Å². The number of benzene rings is 1. The molecule has 0 radical (unpaired) electrons. The molecule has 5 rings (SSSR count). The molecule has 12 nitrogen and oxygen atoms in total. The first kappa shape index (κ1) is 29.4. The average molecular weight is 572 g/mol. The number of aromatic carboxylic acids is 1. The van der Waals surface area contributed by atoms with Crippen molar-refractivity contribution in [1.82, 2.24) is 24.3 Å². The number of carbonyl (C=O) groups is 3. The summed E-state index contributed by atoms with van der Waals surface area (Å²) in [4.78, 5) is 48.6. The Morgan fingerprint density at radius 2 is 1.85 bits per heavy atom. The maximum absolute atomic E-state index is 12.5. The number of halogens is 1. The lowest BCUT2D eigenvalue weighted by Crippen LogP contribution is -2.53. The summed E-state index contributed by atoms with van der Waals surface area (Å²) in [6, 6.07) is 8.81. The van der Waals surface area contributed by atoms with Gasteiger partial charge in [-0.15, -0.1) is 0 Å². The fourth-order valence-electron chi connectivity index (χ4n) is 4.59. The van der Waals surface area contributed by atoms with E-state index in [9.17, 15) is 24.6 Å². The van der Waals surface area contributed by atoms with Crippen molar-refractivity contribution in [3.05, 3.63) is 52.9 Å². The third-order valence-electron chi connectivity index (χ3n) is 6.94. The second-order valence-corrected chi connectivity index (χ2v) is 10.7. The number of nitrogens with one attached hydrogen (secondary N) is 1. The van der Waals surface area contributed by atoms with Crippen molar-refractivity contribution in [1.29, 1.82) is 0 Å². The molecule has 0 unspecified atom stereocenters. The maximum atomic E-state index is 12.5. The molecule has 0 atom stereocenters. The summed E-state index contributed by atoms with van der Waals surface area (Å²) in [5.74, 6) is -2.18. The molecule has 2 fully saturated rings. The van der Waals surface area contributed by atoms with Gasteiger partial charge in [-0.25, -0.2) is 14.8 Å². The lowest BCUT2D eigenvalue weighted by Gasteiger charge is -2.35. The molecule has 2 aliphatic heterocycles. The number of nitrogens with two attached hydrogens (primary N) is 1. The number of β-amino-alcohol motifs (C(OH)–C–C–N with tert-alkyl or cyclic N) is 1. The number of rotatable bonds is 6. The highest BCUT2D eigenvalue weighted by molar-refractivity contribution is 6.30. The standard InChI is InChI=1S/C19H16ClN5O5.C8H18N2/c20-11-2-4-15(21-6-11)23-16(27)9-25-14-5-10(18(28)24-7-12(26)8-24)1-3-13(14)22-17(25)19(29)30;1-7(2)10-5-3-8(9)4-6-10/h1-6,12,26H,7-9H2,(H,29,30)(H,21,23,27);7-8H,3-6,9H2,1-2H3. The number of aliphatic hydroxyl groups excluding tert-OH is 1. The number of fused-ring (bicyclic) bond motifs is 1. The molecule has 3 aromatic rings. The second-order valence-electron chi connectivity index (χ2n) is 10.3. The van der Waals surface area contributed by atoms with Crippen LogP contribution in [0.1, 0.15) is 47.7 Å². The summed E-state index contributed by atoms with van der Waals surface area (Å²) < 4.78 is 1.23. The van der Waals surface area contributed by atoms with E-state index in [1.54, 1.807) is 6.07 Å². The Hall–Kier alpha value is -3.58. The van der Waals surface area contributed by atoms with Crippen LogP contribution in [0.25, 0.3) is 11.0 Å². The Morgan fingerprint density at radius 1 is 1.15 bits per heavy atom. The summed E-state index contributed by atoms with van der Waals surface area (Å²) in [5.41, 5.74) is 6.75. The van der Waals surface area contributed by atoms with E-state index in [1.165, 1.54) is 65.9 Å². The fraction of sp³-hybridized carbons (Fsp3) is 0.444. The van der Waals surface area contributed by atoms with Gasteiger partial charge in [0.2, 0.25) is 11.7 Å². The van der Waals surface area contributed by atoms with Crippen LogP contribution in [0.3, 0.4) is 0 Å². The zero-order chi connectivity index (χ0) is 29.0. The number of carboxylic acids is 1. The molecule has 2 aliphatic rings. The first-order chi connectivity index (χ1) is 19.0. The molecule has 2 amide bonds. The predicted octanol–water partition coefficient (Wildman–Crippen LogP) is 2.06. The maximum Gasteiger partial charge on any atom is 0.372 e. The SMILES string of the molecule is CC(C)N1CCC(N)CC1.O=C(Cn1c(C(=O)O)nc2ccc(C(=O)N3CC(O)C3)cc21)Nc1ccc(Cl)cn1. The highest BCUT2D eigenvalue weighted by Crippen LogP contribution is 2.21. The van der Waals surface area contributed by atoms with E-state index in [2.05, 4.69) is 34.0 Å². The van der Waals surface area contributed by atoms with E-state index in [1.807, 2.05) is 0 Å². The number of pyridine rings is 1. The lowest BCUT2D eigenvalue weighted by molar-refractivity contribution is -0.116. The number of piperidine rings is 1. The van der Waals surface area contributed by atoms with Crippen LogP contribution in [0.5, 0.6) is 0 Å². The van der Waals surface area contributed by atoms with Gasteiger partial charge in [0, 0.05) is 36.9 Å². The number of amides is 2. The molecule has 214 valence electrons. The molecule has 2 saturated heterocycles. The number of nitrogens with zero attached hydrogens (tertiary/aromatic N) is 5. The minimum Gasteiger partial charge on any atom is -0.475 e. The fourth-order valence-corrected chi connectivity index (χ4v) is 4.71. The van der Waals surface area contributed by atoms with E-state index in [-0.39, 0.29) is 37.2 Å². The first-order valence-corrected chi connectivity index (χ1v) is 13.5. The van der Waals surface area contributed by atoms with Crippen LogP contribution in [0.15, 0.2) is 36.5 Å². The van der Waals surface area contributed by atoms with Crippen LogP contribution >= 0.6 is 11.6 Å². The monoisotopic (exact) mass is 571 g/mol. The molecular weight excluding hydrogens is 538 g/mol. The molecule has 2 aromatic heterocycles. The molecule has 4 heterocycles. The van der Waals surface area contributed by atoms with Gasteiger partial charge < -0.3 is 35.6 Å². The molecule has 0 aliphatic carbocycles. The Morgan fingerprint density at radius 3 is 2.42 bits per heavy atom. The third-order valence-corrected chi connectivity index (χ3v) is 7.16. The topological polar surface area (TPSA) is 167 Å². The Balaban J connectivity index is 0.000000312. The van der Waals surface area contributed by atoms with Crippen molar-refractivity contribution >= 4 is 46.2 Å². The normalized spacial score (nSPS) is 16.4. The average Bonchev–Trinajstić information content (AvgIpc) is 3.26. The summed E-state index contributed by atoms with van der Waals surface area (Å²) in [5, 5.41) is 21.9. The van der Waals surface area contributed by atoms with Crippen molar-refractivity contribution < 1.29 is 24.6 Å². The number of imidazole rings is 1. The molecule has 5 N–H and O–H groups in total. The van der Waals surface area contributed by atoms with E-state index in [4.69, 9.17) is 17.3 Å². The van der Waals surface area contributed by atoms with Gasteiger partial charge in [0.15, 0.2) is 0 Å². The van der Waals surface area contributed by atoms with Crippen LogP contribution < -0.4 is 11.1 Å². The highest BCUT2D eigenvalue weighted by atomic mass is 35.5. The minimum absolute atomic E-state index is 0.243. The molecule has 0 saturated carbocycles. The van der Waals surface area contributed by atoms with E-state index >= 15 is 0 Å². The van der Waals surface area contributed by atoms with E-state index in [0.717, 1.165) is 0 Å². The molecule has 0 bridgehead atoms. The zero-order valence-electron chi connectivity index (χ0n) is 22.5. The third kappa shape index (κ3) is 7.13. The Kier molecular flexibility index (Phi) is 9.36. The smallest absolute Gasteiger partial charge is 0.372 e. The number of carboxylic acid groups (broad SMARTS) is 1. The number of hydrogen-bond donors (Lipinski definition) is 4. The van der Waals surface area contributed by atoms with Crippen LogP contribution in [-0.2, 0) is 11.3 Å². The van der Waals surface area contributed by atoms with E-state index < -0.39 is 18.0 Å². The van der Waals surface area contributed by atoms with Gasteiger partial charge in [-0.3, -0.25) is 9.59 Å². The van der Waals surface area contributed by atoms with Gasteiger partial charge >= 0.3 is 5.97 Å². The van der Waals surface area contributed by atoms with Crippen molar-refractivity contribution in [2.24, 2.45) is 5.73 Å².